The van der Waals surface area contributed by atoms with E-state index in [1.165, 1.54) is 6.07 Å². The number of hydrogen-bond donors (Lipinski definition) is 0. The fraction of sp³-hybridized carbons (Fsp3) is 0.111. The van der Waals surface area contributed by atoms with Crippen LogP contribution < -0.4 is 4.74 Å². The second-order valence-electron chi connectivity index (χ2n) is 7.29. The Bertz CT molecular complexity index is 1340. The van der Waals surface area contributed by atoms with Gasteiger partial charge in [-0.1, -0.05) is 78.0 Å². The minimum atomic E-state index is -0.644. The highest BCUT2D eigenvalue weighted by Gasteiger charge is 2.25. The molecule has 4 rings (SSSR count). The standard InChI is InChI=1S/C27H20ClN3O3S/c1-2-33-26(32)25(21-6-4-3-5-7-21)35-27-30-23(28)16-24(31-27)34-22-14-12-20(13-15-22)19-10-8-18(17-29)9-11-19/h3-16,25H,2H2,1H3. The highest BCUT2D eigenvalue weighted by Crippen LogP contribution is 2.36. The van der Waals surface area contributed by atoms with Gasteiger partial charge in [0.25, 0.3) is 0 Å². The minimum absolute atomic E-state index is 0.197. The number of carbonyl (C=O) groups excluding carboxylic acids is 1. The van der Waals surface area contributed by atoms with Crippen molar-refractivity contribution in [2.24, 2.45) is 0 Å². The first kappa shape index (κ1) is 24.3. The summed E-state index contributed by atoms with van der Waals surface area (Å²) in [6.45, 7) is 2.03. The molecule has 0 fully saturated rings. The quantitative estimate of drug-likeness (QED) is 0.113. The Morgan fingerprint density at radius 1 is 1.00 bits per heavy atom. The first-order valence-corrected chi connectivity index (χ1v) is 12.0. The number of esters is 1. The van der Waals surface area contributed by atoms with Crippen molar-refractivity contribution in [3.8, 4) is 28.8 Å². The van der Waals surface area contributed by atoms with Gasteiger partial charge in [-0.2, -0.15) is 10.2 Å². The monoisotopic (exact) mass is 501 g/mol. The van der Waals surface area contributed by atoms with Gasteiger partial charge in [-0.05, 0) is 47.9 Å². The van der Waals surface area contributed by atoms with E-state index in [1.807, 2.05) is 66.7 Å². The maximum absolute atomic E-state index is 12.6. The smallest absolute Gasteiger partial charge is 0.324 e. The molecule has 4 aromatic rings. The maximum atomic E-state index is 12.6. The van der Waals surface area contributed by atoms with Crippen LogP contribution >= 0.6 is 23.4 Å². The normalized spacial score (nSPS) is 11.3. The molecule has 0 radical (unpaired) electrons. The molecule has 1 aromatic heterocycles. The molecular weight excluding hydrogens is 482 g/mol. The van der Waals surface area contributed by atoms with Crippen LogP contribution in [-0.2, 0) is 9.53 Å². The molecule has 174 valence electrons. The molecule has 0 aliphatic carbocycles. The number of aromatic nitrogens is 2. The predicted octanol–water partition coefficient (Wildman–Crippen LogP) is 6.86. The minimum Gasteiger partial charge on any atom is -0.465 e. The molecule has 1 unspecified atom stereocenters. The van der Waals surface area contributed by atoms with Crippen LogP contribution in [0.3, 0.4) is 0 Å². The lowest BCUT2D eigenvalue weighted by atomic mass is 10.0. The van der Waals surface area contributed by atoms with E-state index in [4.69, 9.17) is 26.3 Å². The fourth-order valence-corrected chi connectivity index (χ4v) is 4.44. The van der Waals surface area contributed by atoms with Gasteiger partial charge in [-0.15, -0.1) is 0 Å². The Morgan fingerprint density at radius 3 is 2.29 bits per heavy atom. The van der Waals surface area contributed by atoms with Crippen LogP contribution in [0.5, 0.6) is 11.6 Å². The zero-order valence-electron chi connectivity index (χ0n) is 18.7. The van der Waals surface area contributed by atoms with Crippen LogP contribution in [0.4, 0.5) is 0 Å². The van der Waals surface area contributed by atoms with Crippen molar-refractivity contribution in [2.75, 3.05) is 6.61 Å². The van der Waals surface area contributed by atoms with Crippen molar-refractivity contribution in [3.63, 3.8) is 0 Å². The molecule has 6 nitrogen and oxygen atoms in total. The van der Waals surface area contributed by atoms with E-state index in [9.17, 15) is 4.79 Å². The molecule has 35 heavy (non-hydrogen) atoms. The number of nitriles is 1. The summed E-state index contributed by atoms with van der Waals surface area (Å²) in [5.41, 5.74) is 3.37. The largest absolute Gasteiger partial charge is 0.465 e. The Balaban J connectivity index is 1.52. The lowest BCUT2D eigenvalue weighted by Crippen LogP contribution is -2.13. The summed E-state index contributed by atoms with van der Waals surface area (Å²) in [6, 6.07) is 27.8. The van der Waals surface area contributed by atoms with Gasteiger partial charge in [0.2, 0.25) is 5.88 Å². The number of hydrogen-bond acceptors (Lipinski definition) is 7. The van der Waals surface area contributed by atoms with Gasteiger partial charge in [0.1, 0.15) is 16.2 Å². The van der Waals surface area contributed by atoms with E-state index in [1.54, 1.807) is 19.1 Å². The van der Waals surface area contributed by atoms with Gasteiger partial charge >= 0.3 is 5.97 Å². The van der Waals surface area contributed by atoms with Crippen LogP contribution in [-0.4, -0.2) is 22.5 Å². The molecule has 0 aliphatic rings. The predicted molar refractivity (Wildman–Crippen MR) is 135 cm³/mol. The topological polar surface area (TPSA) is 85.1 Å². The van der Waals surface area contributed by atoms with Crippen molar-refractivity contribution in [1.29, 1.82) is 5.26 Å². The van der Waals surface area contributed by atoms with Crippen LogP contribution in [0.25, 0.3) is 11.1 Å². The van der Waals surface area contributed by atoms with E-state index in [-0.39, 0.29) is 23.6 Å². The molecule has 0 saturated carbocycles. The number of ether oxygens (including phenoxy) is 2. The van der Waals surface area contributed by atoms with E-state index >= 15 is 0 Å². The summed E-state index contributed by atoms with van der Waals surface area (Å²) in [6.07, 6.45) is 0. The Hall–Kier alpha value is -3.86. The molecule has 8 heteroatoms. The van der Waals surface area contributed by atoms with E-state index < -0.39 is 5.25 Å². The molecule has 3 aromatic carbocycles. The molecule has 0 aliphatic heterocycles. The summed E-state index contributed by atoms with van der Waals surface area (Å²) < 4.78 is 11.2. The average Bonchev–Trinajstić information content (AvgIpc) is 2.88. The summed E-state index contributed by atoms with van der Waals surface area (Å²) in [5.74, 6) is 0.445. The van der Waals surface area contributed by atoms with Crippen molar-refractivity contribution < 1.29 is 14.3 Å². The molecular formula is C27H20ClN3O3S. The van der Waals surface area contributed by atoms with Crippen molar-refractivity contribution in [2.45, 2.75) is 17.3 Å². The Morgan fingerprint density at radius 2 is 1.66 bits per heavy atom. The van der Waals surface area contributed by atoms with E-state index in [0.717, 1.165) is 28.5 Å². The van der Waals surface area contributed by atoms with Gasteiger partial charge in [-0.25, -0.2) is 4.98 Å². The second-order valence-corrected chi connectivity index (χ2v) is 8.75. The molecule has 0 amide bonds. The number of carbonyl (C=O) groups is 1. The number of rotatable bonds is 8. The van der Waals surface area contributed by atoms with Crippen molar-refractivity contribution in [3.05, 3.63) is 101 Å². The van der Waals surface area contributed by atoms with E-state index in [2.05, 4.69) is 16.0 Å². The summed E-state index contributed by atoms with van der Waals surface area (Å²) in [4.78, 5) is 21.3. The third-order valence-corrected chi connectivity index (χ3v) is 6.19. The fourth-order valence-electron chi connectivity index (χ4n) is 3.26. The molecule has 1 atom stereocenters. The number of halogens is 1. The molecule has 0 N–H and O–H groups in total. The first-order chi connectivity index (χ1) is 17.1. The van der Waals surface area contributed by atoms with Crippen LogP contribution in [0.1, 0.15) is 23.3 Å². The number of benzene rings is 3. The van der Waals surface area contributed by atoms with Gasteiger partial charge in [0.05, 0.1) is 18.2 Å². The maximum Gasteiger partial charge on any atom is 0.324 e. The highest BCUT2D eigenvalue weighted by molar-refractivity contribution is 8.00. The van der Waals surface area contributed by atoms with Crippen molar-refractivity contribution >= 4 is 29.3 Å². The highest BCUT2D eigenvalue weighted by atomic mass is 35.5. The third kappa shape index (κ3) is 6.38. The summed E-state index contributed by atoms with van der Waals surface area (Å²) in [5, 5.41) is 8.81. The second kappa shape index (κ2) is 11.5. The molecule has 0 saturated heterocycles. The SMILES string of the molecule is CCOC(=O)C(Sc1nc(Cl)cc(Oc2ccc(-c3ccc(C#N)cc3)cc2)n1)c1ccccc1. The zero-order chi connectivity index (χ0) is 24.6. The van der Waals surface area contributed by atoms with Crippen molar-refractivity contribution in [1.82, 2.24) is 9.97 Å². The van der Waals surface area contributed by atoms with Crippen LogP contribution in [0.2, 0.25) is 5.15 Å². The van der Waals surface area contributed by atoms with E-state index in [0.29, 0.717) is 16.5 Å². The number of thioether (sulfide) groups is 1. The summed E-state index contributed by atoms with van der Waals surface area (Å²) >= 11 is 7.38. The third-order valence-electron chi connectivity index (χ3n) is 4.90. The summed E-state index contributed by atoms with van der Waals surface area (Å²) in [7, 11) is 0. The average molecular weight is 502 g/mol. The molecule has 1 heterocycles. The Kier molecular flexibility index (Phi) is 7.99. The lowest BCUT2D eigenvalue weighted by Gasteiger charge is -2.15. The van der Waals surface area contributed by atoms with Gasteiger partial charge in [-0.3, -0.25) is 4.79 Å². The first-order valence-electron chi connectivity index (χ1n) is 10.8. The lowest BCUT2D eigenvalue weighted by molar-refractivity contribution is -0.142. The molecule has 0 spiro atoms. The van der Waals surface area contributed by atoms with Gasteiger partial charge in [0.15, 0.2) is 5.16 Å². The number of nitrogens with zero attached hydrogens (tertiary/aromatic N) is 3. The Labute approximate surface area is 212 Å². The molecule has 0 bridgehead atoms. The van der Waals surface area contributed by atoms with Crippen LogP contribution in [0.15, 0.2) is 90.1 Å². The van der Waals surface area contributed by atoms with Crippen LogP contribution in [0, 0.1) is 11.3 Å². The van der Waals surface area contributed by atoms with Gasteiger partial charge in [0, 0.05) is 6.07 Å². The zero-order valence-corrected chi connectivity index (χ0v) is 20.3. The van der Waals surface area contributed by atoms with Gasteiger partial charge < -0.3 is 9.47 Å².